The Morgan fingerprint density at radius 3 is 0.799 bits per heavy atom. The van der Waals surface area contributed by atoms with Crippen molar-refractivity contribution in [2.24, 2.45) is 169 Å². The quantitative estimate of drug-likeness (QED) is 0.0341. The normalized spacial score (nSPS) is 41.5. The molecule has 9 fully saturated rings. The van der Waals surface area contributed by atoms with Crippen molar-refractivity contribution in [2.75, 3.05) is 59.2 Å². The summed E-state index contributed by atoms with van der Waals surface area (Å²) < 4.78 is 599. The van der Waals surface area contributed by atoms with Gasteiger partial charge in [0.1, 0.15) is 52.4 Å². The molecule has 0 aliphatic carbocycles. The van der Waals surface area contributed by atoms with Gasteiger partial charge in [-0.05, 0) is 177 Å². The minimum absolute atomic E-state index is 0.00206. The van der Waals surface area contributed by atoms with Crippen LogP contribution in [0, 0.1) is 169 Å². The summed E-state index contributed by atoms with van der Waals surface area (Å²) in [5.74, 6) is -48.3. The smallest absolute Gasteiger partial charge is 0.309 e. The number of hydrogen-bond donors (Lipinski definition) is 0. The molecule has 9 aromatic rings. The van der Waals surface area contributed by atoms with E-state index in [2.05, 4.69) is 73.3 Å². The van der Waals surface area contributed by atoms with Gasteiger partial charge in [-0.3, -0.25) is 43.2 Å². The Bertz CT molecular complexity index is 9350. The fourth-order valence-corrected chi connectivity index (χ4v) is 13.8. The van der Waals surface area contributed by atoms with Gasteiger partial charge in [0.05, 0.1) is 141 Å². The SMILES string of the molecule is [2H]c1nc(C)n(C([2H])([2H])[2H])c1C([2H])([2H])[C@@]1([2H])C([2H])([2H])OC(=O)[C@@]1([2H])C([2H])([2H])C.[2H]c1nc(C)n(C([2H])([2H])[2H])c1C([2H])([2H])[C@@]1([2H])C([2H])([2H])OC(=O)[C@@]1([2H])CC.[2H]c1nc(C)n(C([2H])([2H])[2H])c1C([2H])([2H])[C@]1([2H])[C@H](CC)C(=O)OC1([2H])[2H].[2H]c1nc(C)n(C)c1C([2H])([2H])[C@@]1([2H])C([2H])([2H])OC(=O)[C@@]1([2H])C([2H])([2H])C.[2H]c1nc(C)n(C)c1C([2H])([2H])[C@@]1([2H])C([2H])([2H])OC(=O)[C@@]1([2H])CC.[2H]c1nc(C)n(C)c1C([2H])([2H])[C@]1([2H])[C@H](CC)C(=O)OC1([2H])[2H].[2H]c1nc(C)n(C)c1C[C@H]1COC(=O)[C@@]1([2H])C([2H])([2H])C([2H])([2H])[2H].[2H]c1nc(C)n(C)c1C[C@H]1COC(=O)[C@@]1([2H])CC([2H])([2H])[2H].[2H]c1nc(C)n(C)c1C[C@H]1COC(=O)[C@H]1CC([2H])([2H])[2H]. The Morgan fingerprint density at radius 1 is 0.271 bits per heavy atom. The summed E-state index contributed by atoms with van der Waals surface area (Å²) in [4.78, 5) is 142. The standard InChI is InChI=1S/9C12H18N2O2/c9*1-4-11-9(7-16-12(11)15)5-10-6-13-8(2)14(10)3/h9*6,9,11H,4-5,7H2,1-3H3/t9*9-,11-/m000000000/s1/i3D3,4D2,5D2,6D,7D2,9D,11D;4D2,5D2,6D,7D2,9D,11D;3D3,5D2,6D,7D2,9D,11D;5D2,6D,7D2,9D,11D;3D3,5D2,6D,7D2,9D;5D2,6D,7D2,9D;1D3,4D2,6D,11D;1D3,6D,11D;1D3,6D. The molecule has 0 aromatic carbocycles. The summed E-state index contributed by atoms with van der Waals surface area (Å²) in [6, 6.07) is 0. The molecule has 9 aliphatic heterocycles. The number of esters is 9. The summed E-state index contributed by atoms with van der Waals surface area (Å²) in [5.41, 5.74) is -2.20. The molecule has 18 atom stereocenters. The lowest BCUT2D eigenvalue weighted by Gasteiger charge is -2.13. The molecule has 0 saturated carbocycles. The number of ether oxygens (including phenoxy) is 9. The predicted octanol–water partition coefficient (Wildman–Crippen LogP) is 13.2. The van der Waals surface area contributed by atoms with Crippen LogP contribution >= 0.6 is 0 Å². The van der Waals surface area contributed by atoms with Crippen molar-refractivity contribution < 1.29 is 180 Å². The van der Waals surface area contributed by atoms with Gasteiger partial charge >= 0.3 is 53.7 Å². The first kappa shape index (κ1) is 51.4. The molecular weight excluding hydrogens is 1840 g/mol. The maximum Gasteiger partial charge on any atom is 0.309 e. The van der Waals surface area contributed by atoms with Crippen LogP contribution in [-0.2, 0) is 206 Å². The summed E-state index contributed by atoms with van der Waals surface area (Å²) in [5, 5.41) is 0. The summed E-state index contributed by atoms with van der Waals surface area (Å²) in [7, 11) is 9.50. The van der Waals surface area contributed by atoms with E-state index in [4.69, 9.17) is 109 Å². The van der Waals surface area contributed by atoms with E-state index in [0.29, 0.717) is 67.4 Å². The first-order valence-electron chi connectivity index (χ1n) is 79.1. The largest absolute Gasteiger partial charge is 0.465 e. The van der Waals surface area contributed by atoms with Gasteiger partial charge in [0, 0.05) is 289 Å². The molecule has 9 aromatic heterocycles. The molecule has 36 heteroatoms. The van der Waals surface area contributed by atoms with Crippen LogP contribution in [0.4, 0.5) is 0 Å². The van der Waals surface area contributed by atoms with Crippen LogP contribution in [0.15, 0.2) is 55.6 Å². The molecule has 0 amide bonds. The van der Waals surface area contributed by atoms with Gasteiger partial charge < -0.3 is 83.7 Å². The molecule has 792 valence electrons. The lowest BCUT2D eigenvalue weighted by Crippen LogP contribution is -2.18. The second kappa shape index (κ2) is 53.3. The predicted molar refractivity (Wildman–Crippen MR) is 539 cm³/mol. The van der Waals surface area contributed by atoms with Crippen molar-refractivity contribution in [3.63, 3.8) is 0 Å². The van der Waals surface area contributed by atoms with Gasteiger partial charge in [0.2, 0.25) is 0 Å². The molecule has 18 rings (SSSR count). The van der Waals surface area contributed by atoms with Gasteiger partial charge in [-0.15, -0.1) is 0 Å². The number of aryl methyl sites for hydroxylation is 9. The third-order valence-electron chi connectivity index (χ3n) is 23.4. The third kappa shape index (κ3) is 28.5. The fraction of sp³-hybridized carbons (Fsp3) is 0.667. The Labute approximate surface area is 947 Å². The third-order valence-corrected chi connectivity index (χ3v) is 23.4. The Balaban J connectivity index is 0.000000237. The summed E-state index contributed by atoms with van der Waals surface area (Å²) in [6.07, 6.45) is -32.0. The molecule has 144 heavy (non-hydrogen) atoms. The number of cyclic esters (lactones) is 9. The average molecular weight is 2070 g/mol. The van der Waals surface area contributed by atoms with Crippen molar-refractivity contribution in [2.45, 2.75) is 240 Å². The summed E-state index contributed by atoms with van der Waals surface area (Å²) >= 11 is 0. The lowest BCUT2D eigenvalue weighted by molar-refractivity contribution is -0.142. The number of rotatable bonds is 27. The van der Waals surface area contributed by atoms with E-state index in [-0.39, 0.29) is 124 Å². The highest BCUT2D eigenvalue weighted by Gasteiger charge is 2.44. The van der Waals surface area contributed by atoms with Crippen molar-refractivity contribution in [1.82, 2.24) is 86.0 Å². The van der Waals surface area contributed by atoms with Gasteiger partial charge in [0.15, 0.2) is 0 Å². The Hall–Kier alpha value is -11.9. The molecule has 0 N–H and O–H groups in total. The van der Waals surface area contributed by atoms with Crippen molar-refractivity contribution in [1.29, 1.82) is 0 Å². The van der Waals surface area contributed by atoms with E-state index in [0.717, 1.165) is 24.2 Å². The zero-order valence-corrected chi connectivity index (χ0v) is 82.8. The molecule has 36 nitrogen and oxygen atoms in total. The van der Waals surface area contributed by atoms with Crippen LogP contribution in [0.1, 0.15) is 318 Å². The zero-order valence-electron chi connectivity index (χ0n) is 152. The van der Waals surface area contributed by atoms with E-state index in [1.807, 2.05) is 7.05 Å². The molecule has 0 unspecified atom stereocenters. The van der Waals surface area contributed by atoms with Gasteiger partial charge in [-0.25, -0.2) is 44.9 Å². The van der Waals surface area contributed by atoms with Crippen molar-refractivity contribution in [3.8, 4) is 0 Å². The van der Waals surface area contributed by atoms with Crippen LogP contribution in [0.2, 0.25) is 0 Å². The second-order valence-electron chi connectivity index (χ2n) is 32.3. The number of aromatic nitrogens is 18. The van der Waals surface area contributed by atoms with Gasteiger partial charge in [-0.1, -0.05) is 62.1 Å². The molecule has 0 spiro atoms. The highest BCUT2D eigenvalue weighted by Crippen LogP contribution is 2.37. The van der Waals surface area contributed by atoms with Crippen LogP contribution in [0.25, 0.3) is 0 Å². The van der Waals surface area contributed by atoms with E-state index in [1.54, 1.807) is 62.4 Å². The second-order valence-corrected chi connectivity index (χ2v) is 32.3. The number of carbonyl (C=O) groups is 9. The molecular formula is C108H162N18O18. The maximum absolute atomic E-state index is 12.3. The van der Waals surface area contributed by atoms with Crippen LogP contribution in [0.3, 0.4) is 0 Å². The van der Waals surface area contributed by atoms with Crippen LogP contribution < -0.4 is 0 Å². The minimum Gasteiger partial charge on any atom is -0.465 e. The molecule has 0 bridgehead atoms. The molecule has 18 heterocycles. The Kier molecular flexibility index (Phi) is 19.0. The van der Waals surface area contributed by atoms with E-state index < -0.39 is 359 Å². The van der Waals surface area contributed by atoms with Gasteiger partial charge in [-0.2, -0.15) is 0 Å². The van der Waals surface area contributed by atoms with E-state index >= 15 is 0 Å². The maximum atomic E-state index is 12.3. The molecule has 9 saturated heterocycles. The number of nitrogens with zero attached hydrogens (tertiary/aromatic N) is 18. The number of carbonyl (C=O) groups excluding carboxylic acids is 9. The van der Waals surface area contributed by atoms with E-state index in [9.17, 15) is 43.2 Å². The first-order chi connectivity index (χ1) is 95.0. The van der Waals surface area contributed by atoms with Gasteiger partial charge in [0.25, 0.3) is 0 Å². The first-order valence-corrected chi connectivity index (χ1v) is 44.6. The number of hydrogen-bond acceptors (Lipinski definition) is 27. The topological polar surface area (TPSA) is 397 Å². The van der Waals surface area contributed by atoms with Crippen molar-refractivity contribution in [3.05, 3.63) is 159 Å². The average Bonchev–Trinajstić information content (AvgIpc) is 1.50. The zero-order chi connectivity index (χ0) is 166. The van der Waals surface area contributed by atoms with Crippen LogP contribution in [0.5, 0.6) is 0 Å². The highest BCUT2D eigenvalue weighted by molar-refractivity contribution is 5.78. The minimum atomic E-state index is -3.63. The summed E-state index contributed by atoms with van der Waals surface area (Å²) in [6.45, 7) is -14.9. The molecule has 9 aliphatic rings. The fourth-order valence-electron chi connectivity index (χ4n) is 13.8. The highest BCUT2D eigenvalue weighted by atomic mass is 16.6. The van der Waals surface area contributed by atoms with Crippen molar-refractivity contribution >= 4 is 53.7 Å². The Morgan fingerprint density at radius 2 is 0.507 bits per heavy atom. The van der Waals surface area contributed by atoms with Crippen LogP contribution in [-0.4, -0.2) is 199 Å². The lowest BCUT2D eigenvalue weighted by atomic mass is 9.89. The molecule has 0 radical (unpaired) electrons. The van der Waals surface area contributed by atoms with E-state index in [1.165, 1.54) is 78.7 Å². The number of imidazole rings is 9. The monoisotopic (exact) mass is 2070 g/mol.